The molecule has 0 spiro atoms. The molecule has 2 aromatic heterocycles. The van der Waals surface area contributed by atoms with Gasteiger partial charge in [-0.2, -0.15) is 0 Å². The first-order chi connectivity index (χ1) is 7.93. The second kappa shape index (κ2) is 5.08. The van der Waals surface area contributed by atoms with Gasteiger partial charge in [0, 0.05) is 38.2 Å². The van der Waals surface area contributed by atoms with Crippen LogP contribution in [0, 0.1) is 6.07 Å². The minimum atomic E-state index is 0. The normalized spacial score (nSPS) is 9.88. The summed E-state index contributed by atoms with van der Waals surface area (Å²) in [5, 5.41) is 3.99. The van der Waals surface area contributed by atoms with Crippen molar-refractivity contribution in [3.63, 3.8) is 0 Å². The van der Waals surface area contributed by atoms with Gasteiger partial charge in [-0.3, -0.25) is 4.57 Å². The fourth-order valence-corrected chi connectivity index (χ4v) is 1.46. The summed E-state index contributed by atoms with van der Waals surface area (Å²) in [4.78, 5) is 3.95. The number of hydrogen-bond acceptors (Lipinski definition) is 3. The molecule has 0 saturated carbocycles. The van der Waals surface area contributed by atoms with E-state index in [0.29, 0.717) is 5.88 Å². The Morgan fingerprint density at radius 1 is 1.29 bits per heavy atom. The number of aromatic nitrogens is 3. The number of nitrogens with zero attached hydrogens (tertiary/aromatic N) is 3. The van der Waals surface area contributed by atoms with Crippen LogP contribution in [0.15, 0.2) is 53.6 Å². The van der Waals surface area contributed by atoms with Crippen molar-refractivity contribution < 1.29 is 24.6 Å². The van der Waals surface area contributed by atoms with Gasteiger partial charge < -0.3 is 4.52 Å². The molecule has 17 heavy (non-hydrogen) atoms. The predicted octanol–water partition coefficient (Wildman–Crippen LogP) is 2.32. The van der Waals surface area contributed by atoms with Gasteiger partial charge in [0.1, 0.15) is 6.33 Å². The Labute approximate surface area is 112 Å². The Morgan fingerprint density at radius 2 is 2.24 bits per heavy atom. The van der Waals surface area contributed by atoms with Crippen LogP contribution in [-0.4, -0.2) is 14.7 Å². The van der Waals surface area contributed by atoms with Crippen molar-refractivity contribution in [2.45, 2.75) is 0 Å². The van der Waals surface area contributed by atoms with Crippen LogP contribution in [0.1, 0.15) is 0 Å². The van der Waals surface area contributed by atoms with Crippen molar-refractivity contribution in [2.75, 3.05) is 0 Å². The molecule has 87 valence electrons. The molecular weight excluding hydrogens is 394 g/mol. The van der Waals surface area contributed by atoms with Gasteiger partial charge in [0.05, 0.1) is 0 Å². The second-order valence-electron chi connectivity index (χ2n) is 3.30. The van der Waals surface area contributed by atoms with E-state index < -0.39 is 0 Å². The van der Waals surface area contributed by atoms with Crippen molar-refractivity contribution >= 4 is 0 Å². The van der Waals surface area contributed by atoms with Gasteiger partial charge >= 0.3 is 0 Å². The van der Waals surface area contributed by atoms with E-state index in [1.165, 1.54) is 0 Å². The van der Waals surface area contributed by atoms with E-state index in [9.17, 15) is 0 Å². The van der Waals surface area contributed by atoms with Crippen LogP contribution < -0.4 is 0 Å². The van der Waals surface area contributed by atoms with E-state index >= 15 is 0 Å². The summed E-state index contributed by atoms with van der Waals surface area (Å²) in [7, 11) is 0. The van der Waals surface area contributed by atoms with Crippen LogP contribution in [0.4, 0.5) is 0 Å². The topological polar surface area (TPSA) is 43.9 Å². The maximum Gasteiger partial charge on any atom is 0.226 e. The molecule has 4 nitrogen and oxygen atoms in total. The third-order valence-corrected chi connectivity index (χ3v) is 2.24. The van der Waals surface area contributed by atoms with Crippen LogP contribution in [0.5, 0.6) is 0 Å². The minimum Gasteiger partial charge on any atom is -0.348 e. The third kappa shape index (κ3) is 2.35. The SMILES string of the molecule is [Ir].[c-]1ccccc1-c1cc(-n2ccnc2)on1. The molecule has 0 aliphatic carbocycles. The van der Waals surface area contributed by atoms with Crippen LogP contribution in [0.25, 0.3) is 17.1 Å². The second-order valence-corrected chi connectivity index (χ2v) is 3.30. The van der Waals surface area contributed by atoms with Gasteiger partial charge in [0.15, 0.2) is 0 Å². The van der Waals surface area contributed by atoms with E-state index in [2.05, 4.69) is 16.2 Å². The first kappa shape index (κ1) is 11.8. The number of hydrogen-bond donors (Lipinski definition) is 0. The molecule has 0 amide bonds. The van der Waals surface area contributed by atoms with Gasteiger partial charge in [-0.25, -0.2) is 4.98 Å². The molecular formula is C12H8IrN3O-. The molecule has 3 rings (SSSR count). The number of rotatable bonds is 2. The van der Waals surface area contributed by atoms with Gasteiger partial charge in [-0.1, -0.05) is 0 Å². The minimum absolute atomic E-state index is 0. The van der Waals surface area contributed by atoms with E-state index in [1.54, 1.807) is 23.3 Å². The Morgan fingerprint density at radius 3 is 2.94 bits per heavy atom. The maximum atomic E-state index is 5.22. The molecule has 0 saturated heterocycles. The molecule has 0 fully saturated rings. The zero-order chi connectivity index (χ0) is 10.8. The summed E-state index contributed by atoms with van der Waals surface area (Å²) in [5.74, 6) is 0.643. The average molecular weight is 402 g/mol. The van der Waals surface area contributed by atoms with Crippen LogP contribution in [0.2, 0.25) is 0 Å². The van der Waals surface area contributed by atoms with Crippen molar-refractivity contribution in [1.29, 1.82) is 0 Å². The molecule has 0 aliphatic heterocycles. The van der Waals surface area contributed by atoms with Gasteiger partial charge in [-0.05, 0) is 6.07 Å². The summed E-state index contributed by atoms with van der Waals surface area (Å²) in [6, 6.07) is 12.6. The average Bonchev–Trinajstić information content (AvgIpc) is 3.01. The van der Waals surface area contributed by atoms with Gasteiger partial charge in [-0.15, -0.1) is 41.1 Å². The standard InChI is InChI=1S/C12H8N3O.Ir/c1-2-4-10(5-3-1)11-8-12(16-14-11)15-7-6-13-9-15;/h1-4,6-9H;/q-1;. The van der Waals surface area contributed by atoms with Crippen molar-refractivity contribution in [1.82, 2.24) is 14.7 Å². The molecule has 3 aromatic rings. The summed E-state index contributed by atoms with van der Waals surface area (Å²) >= 11 is 0. The Bertz CT molecular complexity index is 575. The van der Waals surface area contributed by atoms with E-state index in [0.717, 1.165) is 11.3 Å². The Hall–Kier alpha value is -1.71. The summed E-state index contributed by atoms with van der Waals surface area (Å²) in [5.41, 5.74) is 1.68. The smallest absolute Gasteiger partial charge is 0.226 e. The van der Waals surface area contributed by atoms with Gasteiger partial charge in [0.2, 0.25) is 5.88 Å². The van der Waals surface area contributed by atoms with Crippen molar-refractivity contribution in [3.05, 3.63) is 55.1 Å². The number of imidazole rings is 1. The number of benzene rings is 1. The van der Waals surface area contributed by atoms with Crippen LogP contribution in [0.3, 0.4) is 0 Å². The molecule has 1 aromatic carbocycles. The van der Waals surface area contributed by atoms with E-state index in [1.807, 2.05) is 30.3 Å². The van der Waals surface area contributed by atoms with Crippen LogP contribution >= 0.6 is 0 Å². The summed E-state index contributed by atoms with van der Waals surface area (Å²) < 4.78 is 6.98. The summed E-state index contributed by atoms with van der Waals surface area (Å²) in [6.07, 6.45) is 5.16. The monoisotopic (exact) mass is 403 g/mol. The van der Waals surface area contributed by atoms with Crippen molar-refractivity contribution in [3.8, 4) is 17.1 Å². The largest absolute Gasteiger partial charge is 0.348 e. The van der Waals surface area contributed by atoms with Crippen LogP contribution in [-0.2, 0) is 20.1 Å². The van der Waals surface area contributed by atoms with Gasteiger partial charge in [0.25, 0.3) is 0 Å². The fraction of sp³-hybridized carbons (Fsp3) is 0. The molecule has 0 bridgehead atoms. The van der Waals surface area contributed by atoms with E-state index in [-0.39, 0.29) is 20.1 Å². The third-order valence-electron chi connectivity index (χ3n) is 2.24. The molecule has 0 aliphatic rings. The Balaban J connectivity index is 0.00000108. The first-order valence-corrected chi connectivity index (χ1v) is 4.85. The predicted molar refractivity (Wildman–Crippen MR) is 57.9 cm³/mol. The zero-order valence-electron chi connectivity index (χ0n) is 8.70. The zero-order valence-corrected chi connectivity index (χ0v) is 11.1. The quantitative estimate of drug-likeness (QED) is 0.618. The molecule has 0 atom stereocenters. The molecule has 1 radical (unpaired) electrons. The first-order valence-electron chi connectivity index (χ1n) is 4.85. The van der Waals surface area contributed by atoms with E-state index in [4.69, 9.17) is 4.52 Å². The molecule has 2 heterocycles. The Kier molecular flexibility index (Phi) is 3.52. The van der Waals surface area contributed by atoms with Crippen molar-refractivity contribution in [2.24, 2.45) is 0 Å². The molecule has 5 heteroatoms. The molecule has 0 N–H and O–H groups in total. The fourth-order valence-electron chi connectivity index (χ4n) is 1.46. The molecule has 0 unspecified atom stereocenters. The maximum absolute atomic E-state index is 5.22. The summed E-state index contributed by atoms with van der Waals surface area (Å²) in [6.45, 7) is 0.